The summed E-state index contributed by atoms with van der Waals surface area (Å²) in [6.45, 7) is 3.53. The maximum atomic E-state index is 12.0. The van der Waals surface area contributed by atoms with E-state index >= 15 is 0 Å². The van der Waals surface area contributed by atoms with Gasteiger partial charge in [0.05, 0.1) is 6.54 Å². The maximum absolute atomic E-state index is 12.0. The van der Waals surface area contributed by atoms with Gasteiger partial charge in [-0.25, -0.2) is 9.97 Å². The molecule has 0 bridgehead atoms. The monoisotopic (exact) mass is 357 g/mol. The molecule has 0 radical (unpaired) electrons. The molecule has 0 spiro atoms. The summed E-state index contributed by atoms with van der Waals surface area (Å²) < 4.78 is 0. The molecule has 2 aliphatic heterocycles. The SMILES string of the molecule is CN1CCN(c2cc(N3CCc4c(Cl)cccc4C3)ncn2)CC1=O. The number of hydrogen-bond acceptors (Lipinski definition) is 5. The van der Waals surface area contributed by atoms with E-state index in [2.05, 4.69) is 20.9 Å². The lowest BCUT2D eigenvalue weighted by atomic mass is 10.00. The summed E-state index contributed by atoms with van der Waals surface area (Å²) in [5, 5.41) is 0.844. The van der Waals surface area contributed by atoms with Crippen LogP contribution in [0.5, 0.6) is 0 Å². The van der Waals surface area contributed by atoms with Gasteiger partial charge in [0, 0.05) is 44.3 Å². The van der Waals surface area contributed by atoms with Gasteiger partial charge in [-0.2, -0.15) is 0 Å². The Morgan fingerprint density at radius 2 is 1.80 bits per heavy atom. The van der Waals surface area contributed by atoms with Crippen molar-refractivity contribution < 1.29 is 4.79 Å². The molecule has 1 amide bonds. The lowest BCUT2D eigenvalue weighted by Gasteiger charge is -2.34. The van der Waals surface area contributed by atoms with Gasteiger partial charge < -0.3 is 14.7 Å². The lowest BCUT2D eigenvalue weighted by Crippen LogP contribution is -2.48. The van der Waals surface area contributed by atoms with E-state index in [1.54, 1.807) is 11.2 Å². The Balaban J connectivity index is 1.55. The molecule has 6 nitrogen and oxygen atoms in total. The third-order valence-corrected chi connectivity index (χ3v) is 5.31. The second-order valence-electron chi connectivity index (χ2n) is 6.52. The van der Waals surface area contributed by atoms with Crippen LogP contribution in [-0.2, 0) is 17.8 Å². The number of fused-ring (bicyclic) bond motifs is 1. The van der Waals surface area contributed by atoms with Crippen molar-refractivity contribution in [1.29, 1.82) is 0 Å². The number of halogens is 1. The summed E-state index contributed by atoms with van der Waals surface area (Å²) in [6.07, 6.45) is 2.49. The highest BCUT2D eigenvalue weighted by atomic mass is 35.5. The van der Waals surface area contributed by atoms with Crippen LogP contribution in [0.3, 0.4) is 0 Å². The quantitative estimate of drug-likeness (QED) is 0.822. The molecule has 2 aliphatic rings. The number of carbonyl (C=O) groups excluding carboxylic acids is 1. The number of amides is 1. The molecule has 4 rings (SSSR count). The highest BCUT2D eigenvalue weighted by Crippen LogP contribution is 2.29. The van der Waals surface area contributed by atoms with Gasteiger partial charge in [-0.05, 0) is 23.6 Å². The summed E-state index contributed by atoms with van der Waals surface area (Å²) in [4.78, 5) is 26.8. The van der Waals surface area contributed by atoms with Gasteiger partial charge in [0.15, 0.2) is 0 Å². The van der Waals surface area contributed by atoms with E-state index in [0.29, 0.717) is 13.1 Å². The molecule has 0 atom stereocenters. The van der Waals surface area contributed by atoms with Crippen molar-refractivity contribution in [2.45, 2.75) is 13.0 Å². The standard InChI is InChI=1S/C18H20ClN5O/c1-22-7-8-24(11-18(22)25)17-9-16(20-12-21-17)23-6-5-14-13(10-23)3-2-4-15(14)19/h2-4,9,12H,5-8,10-11H2,1H3. The number of piperazine rings is 1. The number of nitrogens with zero attached hydrogens (tertiary/aromatic N) is 5. The molecule has 0 N–H and O–H groups in total. The maximum Gasteiger partial charge on any atom is 0.241 e. The molecule has 1 saturated heterocycles. The first-order valence-corrected chi connectivity index (χ1v) is 8.82. The van der Waals surface area contributed by atoms with Crippen LogP contribution in [0.15, 0.2) is 30.6 Å². The first kappa shape index (κ1) is 16.1. The zero-order chi connectivity index (χ0) is 17.4. The number of rotatable bonds is 2. The van der Waals surface area contributed by atoms with Gasteiger partial charge in [0.1, 0.15) is 18.0 Å². The van der Waals surface area contributed by atoms with Crippen LogP contribution in [-0.4, -0.2) is 54.0 Å². The first-order chi connectivity index (χ1) is 12.1. The van der Waals surface area contributed by atoms with Crippen molar-refractivity contribution in [3.05, 3.63) is 46.7 Å². The molecule has 7 heteroatoms. The molecule has 0 saturated carbocycles. The van der Waals surface area contributed by atoms with Crippen LogP contribution in [0, 0.1) is 0 Å². The van der Waals surface area contributed by atoms with Crippen molar-refractivity contribution in [2.24, 2.45) is 0 Å². The van der Waals surface area contributed by atoms with Gasteiger partial charge in [-0.15, -0.1) is 0 Å². The number of benzene rings is 1. The summed E-state index contributed by atoms with van der Waals surface area (Å²) >= 11 is 6.30. The van der Waals surface area contributed by atoms with Crippen molar-refractivity contribution in [3.8, 4) is 0 Å². The van der Waals surface area contributed by atoms with Gasteiger partial charge in [-0.3, -0.25) is 4.79 Å². The average Bonchev–Trinajstić information content (AvgIpc) is 2.64. The topological polar surface area (TPSA) is 52.6 Å². The summed E-state index contributed by atoms with van der Waals surface area (Å²) in [6, 6.07) is 8.04. The highest BCUT2D eigenvalue weighted by Gasteiger charge is 2.24. The third-order valence-electron chi connectivity index (χ3n) is 4.95. The highest BCUT2D eigenvalue weighted by molar-refractivity contribution is 6.31. The summed E-state index contributed by atoms with van der Waals surface area (Å²) in [5.41, 5.74) is 2.48. The first-order valence-electron chi connectivity index (χ1n) is 8.44. The summed E-state index contributed by atoms with van der Waals surface area (Å²) in [5.74, 6) is 1.82. The molecule has 1 aromatic heterocycles. The third kappa shape index (κ3) is 3.14. The largest absolute Gasteiger partial charge is 0.352 e. The van der Waals surface area contributed by atoms with Crippen LogP contribution in [0.4, 0.5) is 11.6 Å². The van der Waals surface area contributed by atoms with Crippen molar-refractivity contribution in [1.82, 2.24) is 14.9 Å². The Labute approximate surface area is 152 Å². The van der Waals surface area contributed by atoms with E-state index < -0.39 is 0 Å². The van der Waals surface area contributed by atoms with Gasteiger partial charge in [-0.1, -0.05) is 23.7 Å². The van der Waals surface area contributed by atoms with E-state index in [9.17, 15) is 4.79 Å². The minimum absolute atomic E-state index is 0.118. The van der Waals surface area contributed by atoms with Gasteiger partial charge in [0.25, 0.3) is 0 Å². The normalized spacial score (nSPS) is 17.7. The van der Waals surface area contributed by atoms with E-state index in [1.807, 2.05) is 30.1 Å². The predicted octanol–water partition coefficient (Wildman–Crippen LogP) is 1.97. The number of anilines is 2. The zero-order valence-corrected chi connectivity index (χ0v) is 14.9. The average molecular weight is 358 g/mol. The molecular formula is C18H20ClN5O. The molecule has 0 unspecified atom stereocenters. The number of hydrogen-bond donors (Lipinski definition) is 0. The molecule has 2 aromatic rings. The Bertz CT molecular complexity index is 812. The van der Waals surface area contributed by atoms with E-state index in [-0.39, 0.29) is 5.91 Å². The molecule has 1 aromatic carbocycles. The molecule has 0 aliphatic carbocycles. The minimum Gasteiger partial charge on any atom is -0.352 e. The summed E-state index contributed by atoms with van der Waals surface area (Å²) in [7, 11) is 1.83. The number of aromatic nitrogens is 2. The van der Waals surface area contributed by atoms with Crippen molar-refractivity contribution >= 4 is 29.1 Å². The second-order valence-corrected chi connectivity index (χ2v) is 6.93. The second kappa shape index (κ2) is 6.52. The number of carbonyl (C=O) groups is 1. The van der Waals surface area contributed by atoms with E-state index in [4.69, 9.17) is 11.6 Å². The molecular weight excluding hydrogens is 338 g/mol. The minimum atomic E-state index is 0.118. The molecule has 25 heavy (non-hydrogen) atoms. The van der Waals surface area contributed by atoms with E-state index in [0.717, 1.165) is 42.7 Å². The van der Waals surface area contributed by atoms with Crippen LogP contribution in [0.25, 0.3) is 0 Å². The molecule has 3 heterocycles. The zero-order valence-electron chi connectivity index (χ0n) is 14.2. The van der Waals surface area contributed by atoms with Crippen molar-refractivity contribution in [2.75, 3.05) is 43.0 Å². The Morgan fingerprint density at radius 3 is 2.56 bits per heavy atom. The van der Waals surface area contributed by atoms with Gasteiger partial charge >= 0.3 is 0 Å². The molecule has 1 fully saturated rings. The van der Waals surface area contributed by atoms with Crippen LogP contribution >= 0.6 is 11.6 Å². The Morgan fingerprint density at radius 1 is 1.04 bits per heavy atom. The Kier molecular flexibility index (Phi) is 4.21. The van der Waals surface area contributed by atoms with Gasteiger partial charge in [0.2, 0.25) is 5.91 Å². The molecule has 130 valence electrons. The fraction of sp³-hybridized carbons (Fsp3) is 0.389. The van der Waals surface area contributed by atoms with E-state index in [1.165, 1.54) is 11.1 Å². The lowest BCUT2D eigenvalue weighted by molar-refractivity contribution is -0.129. The predicted molar refractivity (Wildman–Crippen MR) is 98.1 cm³/mol. The number of likely N-dealkylation sites (N-methyl/N-ethyl adjacent to an activating group) is 1. The fourth-order valence-electron chi connectivity index (χ4n) is 3.40. The Hall–Kier alpha value is -2.34. The van der Waals surface area contributed by atoms with Crippen LogP contribution < -0.4 is 9.80 Å². The fourth-order valence-corrected chi connectivity index (χ4v) is 3.68. The van der Waals surface area contributed by atoms with Crippen molar-refractivity contribution in [3.63, 3.8) is 0 Å². The van der Waals surface area contributed by atoms with Crippen LogP contribution in [0.1, 0.15) is 11.1 Å². The smallest absolute Gasteiger partial charge is 0.241 e. The van der Waals surface area contributed by atoms with Crippen LogP contribution in [0.2, 0.25) is 5.02 Å².